The first-order chi connectivity index (χ1) is 11.2. The normalized spacial score (nSPS) is 10.1. The summed E-state index contributed by atoms with van der Waals surface area (Å²) in [6.07, 6.45) is 0. The third-order valence-electron chi connectivity index (χ3n) is 3.32. The van der Waals surface area contributed by atoms with Gasteiger partial charge in [0.1, 0.15) is 0 Å². The topological polar surface area (TPSA) is 41.1 Å². The fourth-order valence-corrected chi connectivity index (χ4v) is 2.39. The van der Waals surface area contributed by atoms with Crippen LogP contribution in [0.4, 0.5) is 17.1 Å². The average Bonchev–Trinajstić information content (AvgIpc) is 2.58. The highest BCUT2D eigenvalue weighted by Crippen LogP contribution is 2.20. The molecule has 0 radical (unpaired) electrons. The van der Waals surface area contributed by atoms with E-state index in [0.29, 0.717) is 16.3 Å². The van der Waals surface area contributed by atoms with Gasteiger partial charge < -0.3 is 10.6 Å². The van der Waals surface area contributed by atoms with Crippen LogP contribution in [0.1, 0.15) is 10.4 Å². The standard InChI is InChI=1S/C19H15ClN2O/c20-18-9-5-4-8-17(18)19(23)22-16-12-10-15(11-13-16)21-14-6-2-1-3-7-14/h1-13,21H,(H,22,23). The second kappa shape index (κ2) is 6.99. The summed E-state index contributed by atoms with van der Waals surface area (Å²) in [5.41, 5.74) is 3.14. The number of rotatable bonds is 4. The van der Waals surface area contributed by atoms with E-state index in [1.54, 1.807) is 24.3 Å². The lowest BCUT2D eigenvalue weighted by Crippen LogP contribution is -2.12. The van der Waals surface area contributed by atoms with Gasteiger partial charge in [-0.15, -0.1) is 0 Å². The Labute approximate surface area is 139 Å². The van der Waals surface area contributed by atoms with E-state index >= 15 is 0 Å². The molecule has 0 fully saturated rings. The molecule has 0 aliphatic rings. The lowest BCUT2D eigenvalue weighted by Gasteiger charge is -2.09. The van der Waals surface area contributed by atoms with Crippen molar-refractivity contribution in [3.05, 3.63) is 89.4 Å². The fraction of sp³-hybridized carbons (Fsp3) is 0. The molecule has 0 aliphatic heterocycles. The van der Waals surface area contributed by atoms with Crippen molar-refractivity contribution in [2.75, 3.05) is 10.6 Å². The van der Waals surface area contributed by atoms with Gasteiger partial charge in [0.05, 0.1) is 10.6 Å². The minimum atomic E-state index is -0.223. The highest BCUT2D eigenvalue weighted by Gasteiger charge is 2.09. The van der Waals surface area contributed by atoms with Crippen LogP contribution < -0.4 is 10.6 Å². The third-order valence-corrected chi connectivity index (χ3v) is 3.65. The summed E-state index contributed by atoms with van der Waals surface area (Å²) in [6.45, 7) is 0. The van der Waals surface area contributed by atoms with Crippen LogP contribution in [0.25, 0.3) is 0 Å². The molecule has 0 saturated heterocycles. The molecule has 0 saturated carbocycles. The van der Waals surface area contributed by atoms with Crippen LogP contribution in [-0.4, -0.2) is 5.91 Å². The number of para-hydroxylation sites is 1. The van der Waals surface area contributed by atoms with Crippen LogP contribution >= 0.6 is 11.6 Å². The molecule has 0 atom stereocenters. The molecule has 0 unspecified atom stereocenters. The highest BCUT2D eigenvalue weighted by molar-refractivity contribution is 6.34. The van der Waals surface area contributed by atoms with Crippen molar-refractivity contribution in [2.24, 2.45) is 0 Å². The molecule has 1 amide bonds. The number of hydrogen-bond donors (Lipinski definition) is 2. The van der Waals surface area contributed by atoms with Crippen LogP contribution in [0.3, 0.4) is 0 Å². The molecule has 3 aromatic rings. The van der Waals surface area contributed by atoms with Crippen LogP contribution in [0.15, 0.2) is 78.9 Å². The zero-order valence-corrected chi connectivity index (χ0v) is 13.0. The average molecular weight is 323 g/mol. The molecule has 0 bridgehead atoms. The van der Waals surface area contributed by atoms with E-state index in [0.717, 1.165) is 11.4 Å². The van der Waals surface area contributed by atoms with E-state index < -0.39 is 0 Å². The maximum Gasteiger partial charge on any atom is 0.257 e. The number of hydrogen-bond acceptors (Lipinski definition) is 2. The van der Waals surface area contributed by atoms with Crippen molar-refractivity contribution < 1.29 is 4.79 Å². The Morgan fingerprint density at radius 3 is 1.96 bits per heavy atom. The molecule has 114 valence electrons. The summed E-state index contributed by atoms with van der Waals surface area (Å²) >= 11 is 6.03. The largest absolute Gasteiger partial charge is 0.356 e. The summed E-state index contributed by atoms with van der Waals surface area (Å²) < 4.78 is 0. The Balaban J connectivity index is 1.68. The zero-order chi connectivity index (χ0) is 16.1. The molecule has 2 N–H and O–H groups in total. The minimum Gasteiger partial charge on any atom is -0.356 e. The molecule has 0 aromatic heterocycles. The quantitative estimate of drug-likeness (QED) is 0.681. The van der Waals surface area contributed by atoms with Crippen molar-refractivity contribution >= 4 is 34.6 Å². The predicted molar refractivity (Wildman–Crippen MR) is 95.6 cm³/mol. The molecule has 0 aliphatic carbocycles. The molecular formula is C19H15ClN2O. The summed E-state index contributed by atoms with van der Waals surface area (Å²) in [6, 6.07) is 24.4. The zero-order valence-electron chi connectivity index (χ0n) is 12.3. The lowest BCUT2D eigenvalue weighted by molar-refractivity contribution is 0.102. The predicted octanol–water partition coefficient (Wildman–Crippen LogP) is 5.34. The van der Waals surface area contributed by atoms with Crippen LogP contribution in [0.2, 0.25) is 5.02 Å². The Morgan fingerprint density at radius 2 is 1.26 bits per heavy atom. The van der Waals surface area contributed by atoms with Gasteiger partial charge in [-0.05, 0) is 48.5 Å². The lowest BCUT2D eigenvalue weighted by atomic mass is 10.2. The smallest absolute Gasteiger partial charge is 0.257 e. The monoisotopic (exact) mass is 322 g/mol. The number of carbonyl (C=O) groups is 1. The van der Waals surface area contributed by atoms with E-state index in [1.165, 1.54) is 0 Å². The Morgan fingerprint density at radius 1 is 0.696 bits per heavy atom. The van der Waals surface area contributed by atoms with Gasteiger partial charge in [-0.3, -0.25) is 4.79 Å². The number of halogens is 1. The molecule has 3 aromatic carbocycles. The van der Waals surface area contributed by atoms with Gasteiger partial charge in [-0.1, -0.05) is 41.9 Å². The van der Waals surface area contributed by atoms with Crippen molar-refractivity contribution in [1.82, 2.24) is 0 Å². The number of nitrogens with one attached hydrogen (secondary N) is 2. The number of amides is 1. The van der Waals surface area contributed by atoms with Crippen LogP contribution in [0.5, 0.6) is 0 Å². The van der Waals surface area contributed by atoms with Gasteiger partial charge in [-0.2, -0.15) is 0 Å². The fourth-order valence-electron chi connectivity index (χ4n) is 2.17. The number of carbonyl (C=O) groups excluding carboxylic acids is 1. The molecule has 23 heavy (non-hydrogen) atoms. The SMILES string of the molecule is O=C(Nc1ccc(Nc2ccccc2)cc1)c1ccccc1Cl. The van der Waals surface area contributed by atoms with Gasteiger partial charge in [0.2, 0.25) is 0 Å². The van der Waals surface area contributed by atoms with Gasteiger partial charge in [0.15, 0.2) is 0 Å². The van der Waals surface area contributed by atoms with E-state index in [-0.39, 0.29) is 5.91 Å². The van der Waals surface area contributed by atoms with Crippen LogP contribution in [-0.2, 0) is 0 Å². The van der Waals surface area contributed by atoms with E-state index in [1.807, 2.05) is 54.6 Å². The summed E-state index contributed by atoms with van der Waals surface area (Å²) in [4.78, 5) is 12.2. The minimum absolute atomic E-state index is 0.223. The Bertz CT molecular complexity index is 801. The molecule has 0 heterocycles. The molecule has 3 rings (SSSR count). The van der Waals surface area contributed by atoms with Gasteiger partial charge in [0, 0.05) is 17.1 Å². The molecule has 4 heteroatoms. The first-order valence-electron chi connectivity index (χ1n) is 7.20. The first kappa shape index (κ1) is 15.1. The van der Waals surface area contributed by atoms with Gasteiger partial charge in [0.25, 0.3) is 5.91 Å². The Hall–Kier alpha value is -2.78. The molecule has 3 nitrogen and oxygen atoms in total. The number of benzene rings is 3. The summed E-state index contributed by atoms with van der Waals surface area (Å²) in [7, 11) is 0. The second-order valence-electron chi connectivity index (χ2n) is 5.00. The molecule has 0 spiro atoms. The maximum atomic E-state index is 12.2. The first-order valence-corrected chi connectivity index (χ1v) is 7.58. The second-order valence-corrected chi connectivity index (χ2v) is 5.41. The van der Waals surface area contributed by atoms with Gasteiger partial charge in [-0.25, -0.2) is 0 Å². The highest BCUT2D eigenvalue weighted by atomic mass is 35.5. The van der Waals surface area contributed by atoms with Gasteiger partial charge >= 0.3 is 0 Å². The number of anilines is 3. The summed E-state index contributed by atoms with van der Waals surface area (Å²) in [5.74, 6) is -0.223. The van der Waals surface area contributed by atoms with Crippen molar-refractivity contribution in [2.45, 2.75) is 0 Å². The maximum absolute atomic E-state index is 12.2. The van der Waals surface area contributed by atoms with E-state index in [9.17, 15) is 4.79 Å². The van der Waals surface area contributed by atoms with Crippen molar-refractivity contribution in [1.29, 1.82) is 0 Å². The van der Waals surface area contributed by atoms with E-state index in [2.05, 4.69) is 10.6 Å². The summed E-state index contributed by atoms with van der Waals surface area (Å²) in [5, 5.41) is 6.57. The van der Waals surface area contributed by atoms with E-state index in [4.69, 9.17) is 11.6 Å². The third kappa shape index (κ3) is 3.90. The van der Waals surface area contributed by atoms with Crippen molar-refractivity contribution in [3.8, 4) is 0 Å². The Kier molecular flexibility index (Phi) is 4.60. The van der Waals surface area contributed by atoms with Crippen molar-refractivity contribution in [3.63, 3.8) is 0 Å². The van der Waals surface area contributed by atoms with Crippen LogP contribution in [0, 0.1) is 0 Å². The molecular weight excluding hydrogens is 308 g/mol.